The highest BCUT2D eigenvalue weighted by Gasteiger charge is 2.16. The fourth-order valence-electron chi connectivity index (χ4n) is 2.16. The number of benzene rings is 2. The van der Waals surface area contributed by atoms with Crippen LogP contribution in [-0.4, -0.2) is 23.2 Å². The third-order valence-electron chi connectivity index (χ3n) is 3.29. The molecule has 1 aromatic heterocycles. The first-order valence-corrected chi connectivity index (χ1v) is 7.16. The van der Waals surface area contributed by atoms with Crippen molar-refractivity contribution in [3.05, 3.63) is 60.0 Å². The number of hydrogen-bond acceptors (Lipinski definition) is 6. The Labute approximate surface area is 138 Å². The lowest BCUT2D eigenvalue weighted by molar-refractivity contribution is 0.0994. The zero-order chi connectivity index (χ0) is 16.9. The van der Waals surface area contributed by atoms with Gasteiger partial charge in [-0.05, 0) is 24.3 Å². The number of carbonyl (C=O) groups excluding carboxylic acids is 1. The Balaban J connectivity index is 1.80. The first-order chi connectivity index (χ1) is 11.7. The van der Waals surface area contributed by atoms with Gasteiger partial charge in [0.1, 0.15) is 0 Å². The molecule has 0 aliphatic rings. The van der Waals surface area contributed by atoms with Crippen molar-refractivity contribution in [2.24, 2.45) is 5.73 Å². The average molecular weight is 325 g/mol. The largest absolute Gasteiger partial charge is 0.493 e. The van der Waals surface area contributed by atoms with Gasteiger partial charge in [0.15, 0.2) is 18.1 Å². The van der Waals surface area contributed by atoms with Crippen LogP contribution < -0.4 is 15.2 Å². The van der Waals surface area contributed by atoms with Gasteiger partial charge in [0.05, 0.1) is 12.7 Å². The van der Waals surface area contributed by atoms with Crippen molar-refractivity contribution in [2.45, 2.75) is 6.61 Å². The highest BCUT2D eigenvalue weighted by atomic mass is 16.5. The van der Waals surface area contributed by atoms with Crippen LogP contribution in [0, 0.1) is 0 Å². The van der Waals surface area contributed by atoms with Crippen molar-refractivity contribution in [3.8, 4) is 23.0 Å². The molecule has 0 bridgehead atoms. The van der Waals surface area contributed by atoms with E-state index in [2.05, 4.69) is 10.2 Å². The average Bonchev–Trinajstić information content (AvgIpc) is 3.09. The second-order valence-corrected chi connectivity index (χ2v) is 4.86. The van der Waals surface area contributed by atoms with Gasteiger partial charge < -0.3 is 19.6 Å². The second-order valence-electron chi connectivity index (χ2n) is 4.86. The number of aromatic nitrogens is 2. The molecule has 0 atom stereocenters. The SMILES string of the molecule is COc1cccc(C(N)=O)c1OCc1nnc(-c2ccccc2)o1. The maximum Gasteiger partial charge on any atom is 0.254 e. The fraction of sp³-hybridized carbons (Fsp3) is 0.118. The summed E-state index contributed by atoms with van der Waals surface area (Å²) in [6, 6.07) is 14.3. The van der Waals surface area contributed by atoms with Crippen LogP contribution in [-0.2, 0) is 6.61 Å². The number of amides is 1. The number of hydrogen-bond donors (Lipinski definition) is 1. The Morgan fingerprint density at radius 1 is 1.12 bits per heavy atom. The van der Waals surface area contributed by atoms with Gasteiger partial charge >= 0.3 is 0 Å². The van der Waals surface area contributed by atoms with Gasteiger partial charge in [-0.25, -0.2) is 0 Å². The molecule has 1 amide bonds. The van der Waals surface area contributed by atoms with Crippen molar-refractivity contribution < 1.29 is 18.7 Å². The van der Waals surface area contributed by atoms with Gasteiger partial charge in [0.2, 0.25) is 5.89 Å². The number of methoxy groups -OCH3 is 1. The van der Waals surface area contributed by atoms with Crippen molar-refractivity contribution in [3.63, 3.8) is 0 Å². The van der Waals surface area contributed by atoms with Crippen LogP contribution in [0.5, 0.6) is 11.5 Å². The lowest BCUT2D eigenvalue weighted by Gasteiger charge is -2.12. The highest BCUT2D eigenvalue weighted by molar-refractivity contribution is 5.96. The summed E-state index contributed by atoms with van der Waals surface area (Å²) in [5.74, 6) is 0.694. The molecule has 2 aromatic carbocycles. The molecule has 0 aliphatic carbocycles. The van der Waals surface area contributed by atoms with E-state index in [1.165, 1.54) is 7.11 Å². The smallest absolute Gasteiger partial charge is 0.254 e. The zero-order valence-electron chi connectivity index (χ0n) is 12.9. The number of primary amides is 1. The molecule has 2 N–H and O–H groups in total. The number of para-hydroxylation sites is 1. The Morgan fingerprint density at radius 3 is 2.62 bits per heavy atom. The molecule has 3 rings (SSSR count). The van der Waals surface area contributed by atoms with E-state index in [1.807, 2.05) is 30.3 Å². The van der Waals surface area contributed by atoms with Gasteiger partial charge in [-0.2, -0.15) is 0 Å². The molecule has 1 heterocycles. The lowest BCUT2D eigenvalue weighted by Crippen LogP contribution is -2.13. The van der Waals surface area contributed by atoms with E-state index in [-0.39, 0.29) is 23.8 Å². The molecule has 0 unspecified atom stereocenters. The Kier molecular flexibility index (Phi) is 4.42. The zero-order valence-corrected chi connectivity index (χ0v) is 12.9. The topological polar surface area (TPSA) is 100 Å². The van der Waals surface area contributed by atoms with Gasteiger partial charge in [-0.15, -0.1) is 10.2 Å². The summed E-state index contributed by atoms with van der Waals surface area (Å²) in [5, 5.41) is 7.92. The summed E-state index contributed by atoms with van der Waals surface area (Å²) in [7, 11) is 1.48. The van der Waals surface area contributed by atoms with Crippen LogP contribution in [0.25, 0.3) is 11.5 Å². The first kappa shape index (κ1) is 15.5. The van der Waals surface area contributed by atoms with Gasteiger partial charge in [-0.1, -0.05) is 24.3 Å². The standard InChI is InChI=1S/C17H15N3O4/c1-22-13-9-5-8-12(16(18)21)15(13)23-10-14-19-20-17(24-14)11-6-3-2-4-7-11/h2-9H,10H2,1H3,(H2,18,21). The number of nitrogens with zero attached hydrogens (tertiary/aromatic N) is 2. The molecular weight excluding hydrogens is 310 g/mol. The number of ether oxygens (including phenoxy) is 2. The van der Waals surface area contributed by atoms with Crippen LogP contribution in [0.1, 0.15) is 16.2 Å². The minimum absolute atomic E-state index is 0.0134. The maximum atomic E-state index is 11.5. The van der Waals surface area contributed by atoms with E-state index < -0.39 is 5.91 Å². The van der Waals surface area contributed by atoms with Crippen LogP contribution in [0.3, 0.4) is 0 Å². The summed E-state index contributed by atoms with van der Waals surface area (Å²) in [6.07, 6.45) is 0. The number of rotatable bonds is 6. The summed E-state index contributed by atoms with van der Waals surface area (Å²) < 4.78 is 16.4. The summed E-state index contributed by atoms with van der Waals surface area (Å²) in [4.78, 5) is 11.5. The molecule has 0 fully saturated rings. The molecule has 3 aromatic rings. The van der Waals surface area contributed by atoms with E-state index >= 15 is 0 Å². The number of nitrogens with two attached hydrogens (primary N) is 1. The van der Waals surface area contributed by atoms with Crippen molar-refractivity contribution in [1.29, 1.82) is 0 Å². The van der Waals surface area contributed by atoms with E-state index in [0.717, 1.165) is 5.56 Å². The third-order valence-corrected chi connectivity index (χ3v) is 3.29. The maximum absolute atomic E-state index is 11.5. The molecule has 7 nitrogen and oxygen atoms in total. The van der Waals surface area contributed by atoms with Crippen LogP contribution in [0.2, 0.25) is 0 Å². The molecule has 0 saturated heterocycles. The normalized spacial score (nSPS) is 10.4. The van der Waals surface area contributed by atoms with Gasteiger partial charge in [0.25, 0.3) is 11.8 Å². The molecule has 0 saturated carbocycles. The molecule has 7 heteroatoms. The monoisotopic (exact) mass is 325 g/mol. The molecular formula is C17H15N3O4. The summed E-state index contributed by atoms with van der Waals surface area (Å²) in [6.45, 7) is -0.0134. The van der Waals surface area contributed by atoms with E-state index in [4.69, 9.17) is 19.6 Å². The fourth-order valence-corrected chi connectivity index (χ4v) is 2.16. The van der Waals surface area contributed by atoms with Crippen molar-refractivity contribution >= 4 is 5.91 Å². The van der Waals surface area contributed by atoms with Crippen molar-refractivity contribution in [2.75, 3.05) is 7.11 Å². The van der Waals surface area contributed by atoms with Gasteiger partial charge in [-0.3, -0.25) is 4.79 Å². The first-order valence-electron chi connectivity index (χ1n) is 7.16. The van der Waals surface area contributed by atoms with Crippen LogP contribution in [0.4, 0.5) is 0 Å². The molecule has 0 spiro atoms. The molecule has 0 aliphatic heterocycles. The Morgan fingerprint density at radius 2 is 1.92 bits per heavy atom. The second kappa shape index (κ2) is 6.82. The van der Waals surface area contributed by atoms with E-state index in [0.29, 0.717) is 11.6 Å². The summed E-state index contributed by atoms with van der Waals surface area (Å²) >= 11 is 0. The van der Waals surface area contributed by atoms with Crippen LogP contribution >= 0.6 is 0 Å². The number of carbonyl (C=O) groups is 1. The highest BCUT2D eigenvalue weighted by Crippen LogP contribution is 2.31. The van der Waals surface area contributed by atoms with Gasteiger partial charge in [0, 0.05) is 5.56 Å². The van der Waals surface area contributed by atoms with E-state index in [9.17, 15) is 4.79 Å². The third kappa shape index (κ3) is 3.19. The molecule has 0 radical (unpaired) electrons. The lowest BCUT2D eigenvalue weighted by atomic mass is 10.2. The predicted molar refractivity (Wildman–Crippen MR) is 85.6 cm³/mol. The summed E-state index contributed by atoms with van der Waals surface area (Å²) in [5.41, 5.74) is 6.39. The molecule has 24 heavy (non-hydrogen) atoms. The Hall–Kier alpha value is -3.35. The van der Waals surface area contributed by atoms with Crippen molar-refractivity contribution in [1.82, 2.24) is 10.2 Å². The predicted octanol–water partition coefficient (Wildman–Crippen LogP) is 2.42. The van der Waals surface area contributed by atoms with E-state index in [1.54, 1.807) is 18.2 Å². The quantitative estimate of drug-likeness (QED) is 0.747. The Bertz CT molecular complexity index is 846. The minimum Gasteiger partial charge on any atom is -0.493 e. The molecule has 122 valence electrons. The minimum atomic E-state index is -0.612. The van der Waals surface area contributed by atoms with Crippen LogP contribution in [0.15, 0.2) is 52.9 Å².